The summed E-state index contributed by atoms with van der Waals surface area (Å²) in [4.78, 5) is 25.7. The first kappa shape index (κ1) is 18.8. The van der Waals surface area contributed by atoms with Crippen molar-refractivity contribution in [3.63, 3.8) is 0 Å². The van der Waals surface area contributed by atoms with Crippen LogP contribution in [-0.4, -0.2) is 11.6 Å². The fourth-order valence-corrected chi connectivity index (χ4v) is 4.16. The minimum atomic E-state index is -0.105. The summed E-state index contributed by atoms with van der Waals surface area (Å²) in [5.41, 5.74) is 1.71. The SMILES string of the molecule is O=C(C[C@H](c1cccc(Cl)c1)[C@@H]1CCCCCCC1=O)c1ccccc1. The highest BCUT2D eigenvalue weighted by atomic mass is 35.5. The molecule has 0 bridgehead atoms. The van der Waals surface area contributed by atoms with Crippen LogP contribution in [0.5, 0.6) is 0 Å². The molecule has 0 unspecified atom stereocenters. The molecule has 0 aliphatic heterocycles. The summed E-state index contributed by atoms with van der Waals surface area (Å²) in [6, 6.07) is 17.0. The third-order valence-electron chi connectivity index (χ3n) is 5.37. The fourth-order valence-electron chi connectivity index (χ4n) is 3.96. The highest BCUT2D eigenvalue weighted by Crippen LogP contribution is 2.36. The van der Waals surface area contributed by atoms with E-state index in [0.29, 0.717) is 29.2 Å². The van der Waals surface area contributed by atoms with Crippen LogP contribution in [0, 0.1) is 5.92 Å². The molecule has 2 aromatic carbocycles. The highest BCUT2D eigenvalue weighted by Gasteiger charge is 2.31. The average molecular weight is 369 g/mol. The van der Waals surface area contributed by atoms with Gasteiger partial charge in [-0.1, -0.05) is 73.3 Å². The molecular formula is C23H25ClO2. The van der Waals surface area contributed by atoms with Crippen molar-refractivity contribution in [2.75, 3.05) is 0 Å². The topological polar surface area (TPSA) is 34.1 Å². The summed E-state index contributed by atoms with van der Waals surface area (Å²) >= 11 is 6.21. The molecule has 0 amide bonds. The van der Waals surface area contributed by atoms with Crippen molar-refractivity contribution in [1.82, 2.24) is 0 Å². The molecule has 0 N–H and O–H groups in total. The van der Waals surface area contributed by atoms with Crippen molar-refractivity contribution in [1.29, 1.82) is 0 Å². The number of Topliss-reactive ketones (excluding diaryl/α,β-unsaturated/α-hetero) is 2. The first-order valence-electron chi connectivity index (χ1n) is 9.51. The van der Waals surface area contributed by atoms with E-state index in [1.54, 1.807) is 0 Å². The van der Waals surface area contributed by atoms with Crippen molar-refractivity contribution < 1.29 is 9.59 Å². The molecule has 3 heteroatoms. The summed E-state index contributed by atoms with van der Waals surface area (Å²) < 4.78 is 0. The lowest BCUT2D eigenvalue weighted by atomic mass is 9.75. The minimum absolute atomic E-state index is 0.0884. The molecule has 2 atom stereocenters. The average Bonchev–Trinajstić information content (AvgIpc) is 2.64. The van der Waals surface area contributed by atoms with E-state index in [4.69, 9.17) is 11.6 Å². The van der Waals surface area contributed by atoms with Gasteiger partial charge in [0.05, 0.1) is 0 Å². The Morgan fingerprint density at radius 3 is 2.54 bits per heavy atom. The van der Waals surface area contributed by atoms with Crippen molar-refractivity contribution >= 4 is 23.2 Å². The molecule has 1 saturated carbocycles. The van der Waals surface area contributed by atoms with Gasteiger partial charge >= 0.3 is 0 Å². The number of carbonyl (C=O) groups excluding carboxylic acids is 2. The molecule has 1 aliphatic carbocycles. The maximum absolute atomic E-state index is 12.9. The monoisotopic (exact) mass is 368 g/mol. The molecule has 1 aliphatic rings. The number of benzene rings is 2. The van der Waals surface area contributed by atoms with Crippen LogP contribution in [0.4, 0.5) is 0 Å². The van der Waals surface area contributed by atoms with Gasteiger partial charge in [0.1, 0.15) is 5.78 Å². The van der Waals surface area contributed by atoms with Gasteiger partial charge in [0.25, 0.3) is 0 Å². The predicted molar refractivity (Wildman–Crippen MR) is 106 cm³/mol. The Kier molecular flexibility index (Phi) is 6.62. The molecular weight excluding hydrogens is 344 g/mol. The van der Waals surface area contributed by atoms with E-state index in [1.165, 1.54) is 6.42 Å². The molecule has 0 aromatic heterocycles. The van der Waals surface area contributed by atoms with E-state index in [9.17, 15) is 9.59 Å². The largest absolute Gasteiger partial charge is 0.299 e. The van der Waals surface area contributed by atoms with Crippen LogP contribution in [-0.2, 0) is 4.79 Å². The second-order valence-electron chi connectivity index (χ2n) is 7.18. The zero-order valence-electron chi connectivity index (χ0n) is 15.0. The number of hydrogen-bond acceptors (Lipinski definition) is 2. The van der Waals surface area contributed by atoms with Crippen LogP contribution < -0.4 is 0 Å². The first-order chi connectivity index (χ1) is 12.6. The molecule has 26 heavy (non-hydrogen) atoms. The number of ketones is 2. The minimum Gasteiger partial charge on any atom is -0.299 e. The molecule has 2 aromatic rings. The van der Waals surface area contributed by atoms with Gasteiger partial charge in [-0.3, -0.25) is 9.59 Å². The Morgan fingerprint density at radius 2 is 1.77 bits per heavy atom. The molecule has 0 radical (unpaired) electrons. The summed E-state index contributed by atoms with van der Waals surface area (Å²) in [6.45, 7) is 0. The van der Waals surface area contributed by atoms with Crippen molar-refractivity contribution in [2.45, 2.75) is 50.9 Å². The molecule has 2 nitrogen and oxygen atoms in total. The number of carbonyl (C=O) groups is 2. The molecule has 136 valence electrons. The second kappa shape index (κ2) is 9.14. The van der Waals surface area contributed by atoms with E-state index in [2.05, 4.69) is 0 Å². The van der Waals surface area contributed by atoms with E-state index >= 15 is 0 Å². The summed E-state index contributed by atoms with van der Waals surface area (Å²) in [6.07, 6.45) is 6.14. The van der Waals surface area contributed by atoms with Crippen LogP contribution in [0.15, 0.2) is 54.6 Å². The summed E-state index contributed by atoms with van der Waals surface area (Å²) in [5, 5.41) is 0.651. The maximum atomic E-state index is 12.9. The highest BCUT2D eigenvalue weighted by molar-refractivity contribution is 6.30. The lowest BCUT2D eigenvalue weighted by molar-refractivity contribution is -0.124. The quantitative estimate of drug-likeness (QED) is 0.585. The van der Waals surface area contributed by atoms with Crippen LogP contribution in [0.2, 0.25) is 5.02 Å². The van der Waals surface area contributed by atoms with Crippen LogP contribution in [0.3, 0.4) is 0 Å². The number of rotatable bonds is 5. The van der Waals surface area contributed by atoms with E-state index in [1.807, 2.05) is 54.6 Å². The standard InChI is InChI=1S/C23H25ClO2/c24-19-12-8-11-18(15-19)21(16-23(26)17-9-4-3-5-10-17)20-13-6-1-2-7-14-22(20)25/h3-5,8-12,15,20-21H,1-2,6-7,13-14,16H2/t20-,21+/m0/s1. The lowest BCUT2D eigenvalue weighted by Gasteiger charge is -2.28. The molecule has 0 spiro atoms. The van der Waals surface area contributed by atoms with Crippen molar-refractivity contribution in [3.8, 4) is 0 Å². The maximum Gasteiger partial charge on any atom is 0.163 e. The van der Waals surface area contributed by atoms with Gasteiger partial charge in [-0.05, 0) is 30.5 Å². The van der Waals surface area contributed by atoms with Gasteiger partial charge in [0.2, 0.25) is 0 Å². The van der Waals surface area contributed by atoms with Crippen molar-refractivity contribution in [2.24, 2.45) is 5.92 Å². The van der Waals surface area contributed by atoms with Gasteiger partial charge < -0.3 is 0 Å². The molecule has 0 saturated heterocycles. The van der Waals surface area contributed by atoms with Crippen molar-refractivity contribution in [3.05, 3.63) is 70.7 Å². The lowest BCUT2D eigenvalue weighted by Crippen LogP contribution is -2.26. The normalized spacial score (nSPS) is 19.4. The summed E-state index contributed by atoms with van der Waals surface area (Å²) in [7, 11) is 0. The van der Waals surface area contributed by atoms with Crippen LogP contribution in [0.25, 0.3) is 0 Å². The Bertz CT molecular complexity index is 754. The number of hydrogen-bond donors (Lipinski definition) is 0. The predicted octanol–water partition coefficient (Wildman–Crippen LogP) is 6.24. The molecule has 3 rings (SSSR count). The smallest absolute Gasteiger partial charge is 0.163 e. The Labute approximate surface area is 160 Å². The van der Waals surface area contributed by atoms with Gasteiger partial charge in [-0.15, -0.1) is 0 Å². The van der Waals surface area contributed by atoms with Gasteiger partial charge in [0, 0.05) is 35.3 Å². The zero-order valence-corrected chi connectivity index (χ0v) is 15.8. The van der Waals surface area contributed by atoms with Crippen LogP contribution in [0.1, 0.15) is 66.8 Å². The van der Waals surface area contributed by atoms with E-state index in [0.717, 1.165) is 31.2 Å². The molecule has 0 heterocycles. The zero-order chi connectivity index (χ0) is 18.4. The van der Waals surface area contributed by atoms with Gasteiger partial charge in [-0.2, -0.15) is 0 Å². The fraction of sp³-hybridized carbons (Fsp3) is 0.391. The Morgan fingerprint density at radius 1 is 1.00 bits per heavy atom. The first-order valence-corrected chi connectivity index (χ1v) is 9.89. The van der Waals surface area contributed by atoms with Crippen LogP contribution >= 0.6 is 11.6 Å². The molecule has 1 fully saturated rings. The van der Waals surface area contributed by atoms with E-state index in [-0.39, 0.29) is 17.6 Å². The third-order valence-corrected chi connectivity index (χ3v) is 5.60. The van der Waals surface area contributed by atoms with Gasteiger partial charge in [-0.25, -0.2) is 0 Å². The Hall–Kier alpha value is -1.93. The Balaban J connectivity index is 1.90. The number of halogens is 1. The second-order valence-corrected chi connectivity index (χ2v) is 7.62. The third kappa shape index (κ3) is 4.82. The summed E-state index contributed by atoms with van der Waals surface area (Å²) in [5.74, 6) is 0.189. The van der Waals surface area contributed by atoms with E-state index < -0.39 is 0 Å². The van der Waals surface area contributed by atoms with Gasteiger partial charge in [0.15, 0.2) is 5.78 Å².